The lowest BCUT2D eigenvalue weighted by molar-refractivity contribution is 0.0953. The molecule has 0 bridgehead atoms. The van der Waals surface area contributed by atoms with E-state index < -0.39 is 11.6 Å². The van der Waals surface area contributed by atoms with E-state index >= 15 is 0 Å². The van der Waals surface area contributed by atoms with Crippen molar-refractivity contribution in [3.63, 3.8) is 0 Å². The molecule has 1 aliphatic heterocycles. The van der Waals surface area contributed by atoms with E-state index in [0.29, 0.717) is 43.4 Å². The second-order valence-corrected chi connectivity index (χ2v) is 7.90. The number of carbonyl (C=O) groups excluding carboxylic acids is 1. The molecule has 1 atom stereocenters. The van der Waals surface area contributed by atoms with E-state index in [4.69, 9.17) is 0 Å². The Morgan fingerprint density at radius 2 is 1.91 bits per heavy atom. The summed E-state index contributed by atoms with van der Waals surface area (Å²) in [6.45, 7) is 4.61. The SMILES string of the molecule is CCCCNC(=O)c1ccc(CNC(=NC)NC2CCN(c3ccc(F)cc3F)C2)cc1.I. The van der Waals surface area contributed by atoms with Crippen LogP contribution in [0.5, 0.6) is 0 Å². The van der Waals surface area contributed by atoms with Gasteiger partial charge in [-0.1, -0.05) is 25.5 Å². The van der Waals surface area contributed by atoms with Crippen molar-refractivity contribution < 1.29 is 13.6 Å². The minimum atomic E-state index is -0.574. The Morgan fingerprint density at radius 3 is 2.58 bits per heavy atom. The van der Waals surface area contributed by atoms with Gasteiger partial charge in [0, 0.05) is 50.9 Å². The first-order chi connectivity index (χ1) is 15.5. The summed E-state index contributed by atoms with van der Waals surface area (Å²) in [4.78, 5) is 18.3. The molecule has 6 nitrogen and oxygen atoms in total. The third-order valence-corrected chi connectivity index (χ3v) is 5.50. The maximum absolute atomic E-state index is 14.1. The van der Waals surface area contributed by atoms with Gasteiger partial charge in [0.25, 0.3) is 5.91 Å². The van der Waals surface area contributed by atoms with Crippen molar-refractivity contribution in [3.05, 3.63) is 65.2 Å². The van der Waals surface area contributed by atoms with Crippen molar-refractivity contribution in [2.45, 2.75) is 38.8 Å². The zero-order chi connectivity index (χ0) is 22.9. The maximum atomic E-state index is 14.1. The fourth-order valence-electron chi connectivity index (χ4n) is 3.66. The first-order valence-corrected chi connectivity index (χ1v) is 11.0. The summed E-state index contributed by atoms with van der Waals surface area (Å²) in [6, 6.07) is 11.2. The molecule has 0 radical (unpaired) electrons. The molecular formula is C24H32F2IN5O. The standard InChI is InChI=1S/C24H31F2N5O.HI/c1-3-4-12-28-23(32)18-7-5-17(6-8-18)15-29-24(27-2)30-20-11-13-31(16-20)22-10-9-19(25)14-21(22)26;/h5-10,14,20H,3-4,11-13,15-16H2,1-2H3,(H,28,32)(H2,27,29,30);1H. The molecule has 1 heterocycles. The normalized spacial score (nSPS) is 15.7. The lowest BCUT2D eigenvalue weighted by Crippen LogP contribution is -2.44. The highest BCUT2D eigenvalue weighted by molar-refractivity contribution is 14.0. The second kappa shape index (κ2) is 13.3. The van der Waals surface area contributed by atoms with Crippen LogP contribution in [0, 0.1) is 11.6 Å². The quantitative estimate of drug-likeness (QED) is 0.194. The van der Waals surface area contributed by atoms with Crippen LogP contribution in [0.25, 0.3) is 0 Å². The first kappa shape index (κ1) is 26.8. The van der Waals surface area contributed by atoms with Gasteiger partial charge < -0.3 is 20.9 Å². The number of unbranched alkanes of at least 4 members (excludes halogenated alkanes) is 1. The van der Waals surface area contributed by atoms with Gasteiger partial charge in [0.1, 0.15) is 11.6 Å². The molecule has 3 N–H and O–H groups in total. The number of benzene rings is 2. The van der Waals surface area contributed by atoms with Crippen molar-refractivity contribution in [1.82, 2.24) is 16.0 Å². The highest BCUT2D eigenvalue weighted by Crippen LogP contribution is 2.24. The van der Waals surface area contributed by atoms with E-state index in [9.17, 15) is 13.6 Å². The number of carbonyl (C=O) groups is 1. The number of halogens is 3. The molecule has 0 spiro atoms. The molecule has 0 saturated carbocycles. The molecule has 0 aromatic heterocycles. The zero-order valence-electron chi connectivity index (χ0n) is 19.0. The maximum Gasteiger partial charge on any atom is 0.251 e. The summed E-state index contributed by atoms with van der Waals surface area (Å²) in [5.41, 5.74) is 2.09. The van der Waals surface area contributed by atoms with Crippen LogP contribution in [-0.2, 0) is 6.54 Å². The van der Waals surface area contributed by atoms with E-state index in [-0.39, 0.29) is 35.9 Å². The summed E-state index contributed by atoms with van der Waals surface area (Å²) >= 11 is 0. The lowest BCUT2D eigenvalue weighted by Gasteiger charge is -2.21. The van der Waals surface area contributed by atoms with Crippen LogP contribution in [0.1, 0.15) is 42.1 Å². The molecule has 0 aliphatic carbocycles. The van der Waals surface area contributed by atoms with Crippen LogP contribution in [0.4, 0.5) is 14.5 Å². The molecule has 1 amide bonds. The molecular weight excluding hydrogens is 539 g/mol. The number of rotatable bonds is 8. The Kier molecular flexibility index (Phi) is 10.8. The molecule has 1 aliphatic rings. The third kappa shape index (κ3) is 7.83. The summed E-state index contributed by atoms with van der Waals surface area (Å²) in [5, 5.41) is 9.55. The Morgan fingerprint density at radius 1 is 1.15 bits per heavy atom. The van der Waals surface area contributed by atoms with Crippen LogP contribution in [-0.4, -0.2) is 44.6 Å². The van der Waals surface area contributed by atoms with Gasteiger partial charge in [-0.3, -0.25) is 9.79 Å². The summed E-state index contributed by atoms with van der Waals surface area (Å²) in [6.07, 6.45) is 2.83. The number of nitrogens with zero attached hydrogens (tertiary/aromatic N) is 2. The molecule has 2 aromatic rings. The van der Waals surface area contributed by atoms with Gasteiger partial charge in [0.15, 0.2) is 5.96 Å². The van der Waals surface area contributed by atoms with Crippen molar-refractivity contribution in [2.24, 2.45) is 4.99 Å². The average Bonchev–Trinajstić information content (AvgIpc) is 3.25. The van der Waals surface area contributed by atoms with Gasteiger partial charge in [-0.25, -0.2) is 8.78 Å². The third-order valence-electron chi connectivity index (χ3n) is 5.50. The largest absolute Gasteiger partial charge is 0.367 e. The second-order valence-electron chi connectivity index (χ2n) is 7.90. The predicted octanol–water partition coefficient (Wildman–Crippen LogP) is 4.06. The molecule has 1 saturated heterocycles. The van der Waals surface area contributed by atoms with Crippen molar-refractivity contribution in [3.8, 4) is 0 Å². The smallest absolute Gasteiger partial charge is 0.251 e. The van der Waals surface area contributed by atoms with E-state index in [2.05, 4.69) is 27.9 Å². The molecule has 2 aromatic carbocycles. The molecule has 180 valence electrons. The van der Waals surface area contributed by atoms with E-state index in [0.717, 1.165) is 30.9 Å². The predicted molar refractivity (Wildman–Crippen MR) is 139 cm³/mol. The zero-order valence-corrected chi connectivity index (χ0v) is 21.4. The summed E-state index contributed by atoms with van der Waals surface area (Å²) in [7, 11) is 1.70. The lowest BCUT2D eigenvalue weighted by atomic mass is 10.1. The van der Waals surface area contributed by atoms with Gasteiger partial charge in [-0.2, -0.15) is 0 Å². The van der Waals surface area contributed by atoms with E-state index in [1.165, 1.54) is 12.1 Å². The number of amides is 1. The van der Waals surface area contributed by atoms with Gasteiger partial charge in [0.05, 0.1) is 5.69 Å². The number of nitrogens with one attached hydrogen (secondary N) is 3. The molecule has 9 heteroatoms. The highest BCUT2D eigenvalue weighted by Gasteiger charge is 2.25. The number of aliphatic imine (C=N–C) groups is 1. The fourth-order valence-corrected chi connectivity index (χ4v) is 3.66. The minimum absolute atomic E-state index is 0. The average molecular weight is 571 g/mol. The highest BCUT2D eigenvalue weighted by atomic mass is 127. The van der Waals surface area contributed by atoms with Gasteiger partial charge >= 0.3 is 0 Å². The summed E-state index contributed by atoms with van der Waals surface area (Å²) < 4.78 is 27.2. The Bertz CT molecular complexity index is 939. The van der Waals surface area contributed by atoms with Crippen LogP contribution in [0.3, 0.4) is 0 Å². The Labute approximate surface area is 211 Å². The van der Waals surface area contributed by atoms with Gasteiger partial charge in [-0.05, 0) is 42.7 Å². The van der Waals surface area contributed by atoms with Crippen LogP contribution in [0.15, 0.2) is 47.5 Å². The first-order valence-electron chi connectivity index (χ1n) is 11.0. The Balaban J connectivity index is 0.00000385. The topological polar surface area (TPSA) is 68.8 Å². The van der Waals surface area contributed by atoms with Crippen LogP contribution < -0.4 is 20.9 Å². The van der Waals surface area contributed by atoms with Gasteiger partial charge in [0.2, 0.25) is 0 Å². The number of hydrogen-bond donors (Lipinski definition) is 3. The number of anilines is 1. The minimum Gasteiger partial charge on any atom is -0.367 e. The van der Waals surface area contributed by atoms with Gasteiger partial charge in [-0.15, -0.1) is 24.0 Å². The van der Waals surface area contributed by atoms with Crippen molar-refractivity contribution >= 4 is 41.5 Å². The van der Waals surface area contributed by atoms with Crippen molar-refractivity contribution in [1.29, 1.82) is 0 Å². The van der Waals surface area contributed by atoms with E-state index in [1.807, 2.05) is 29.2 Å². The van der Waals surface area contributed by atoms with Crippen LogP contribution >= 0.6 is 24.0 Å². The fraction of sp³-hybridized carbons (Fsp3) is 0.417. The number of hydrogen-bond acceptors (Lipinski definition) is 3. The molecule has 1 fully saturated rings. The number of guanidine groups is 1. The Hall–Kier alpha value is -2.43. The molecule has 3 rings (SSSR count). The van der Waals surface area contributed by atoms with E-state index in [1.54, 1.807) is 7.05 Å². The molecule has 1 unspecified atom stereocenters. The molecule has 33 heavy (non-hydrogen) atoms. The van der Waals surface area contributed by atoms with Crippen LogP contribution in [0.2, 0.25) is 0 Å². The summed E-state index contributed by atoms with van der Waals surface area (Å²) in [5.74, 6) is -0.526. The monoisotopic (exact) mass is 571 g/mol. The van der Waals surface area contributed by atoms with Crippen molar-refractivity contribution in [2.75, 3.05) is 31.6 Å².